The van der Waals surface area contributed by atoms with E-state index in [4.69, 9.17) is 9.84 Å². The predicted molar refractivity (Wildman–Crippen MR) is 51.2 cm³/mol. The summed E-state index contributed by atoms with van der Waals surface area (Å²) in [6.07, 6.45) is 0.294. The lowest BCUT2D eigenvalue weighted by Gasteiger charge is -2.13. The van der Waals surface area contributed by atoms with Crippen LogP contribution in [0, 0.1) is 5.92 Å². The van der Waals surface area contributed by atoms with Gasteiger partial charge in [0.05, 0.1) is 12.7 Å². The van der Waals surface area contributed by atoms with Crippen LogP contribution >= 0.6 is 0 Å². The van der Waals surface area contributed by atoms with Gasteiger partial charge in [-0.25, -0.2) is 4.79 Å². The highest BCUT2D eigenvalue weighted by molar-refractivity contribution is 5.86. The van der Waals surface area contributed by atoms with Gasteiger partial charge in [0.15, 0.2) is 0 Å². The number of carbonyl (C=O) groups is 1. The molecule has 0 aliphatic rings. The average Bonchev–Trinajstić information content (AvgIpc) is 1.98. The number of hydrogen-bond donors (Lipinski definition) is 1. The van der Waals surface area contributed by atoms with Gasteiger partial charge < -0.3 is 9.84 Å². The largest absolute Gasteiger partial charge is 0.462 e. The summed E-state index contributed by atoms with van der Waals surface area (Å²) in [5.41, 5.74) is 0.407. The van der Waals surface area contributed by atoms with Gasteiger partial charge in [0.25, 0.3) is 0 Å². The first-order chi connectivity index (χ1) is 5.93. The summed E-state index contributed by atoms with van der Waals surface area (Å²) in [5, 5.41) is 9.04. The van der Waals surface area contributed by atoms with E-state index in [0.717, 1.165) is 0 Å². The first kappa shape index (κ1) is 12.2. The monoisotopic (exact) mass is 186 g/mol. The van der Waals surface area contributed by atoms with Gasteiger partial charge in [0.2, 0.25) is 0 Å². The summed E-state index contributed by atoms with van der Waals surface area (Å²) in [6, 6.07) is 0. The van der Waals surface area contributed by atoms with Crippen LogP contribution in [0.15, 0.2) is 12.2 Å². The number of esters is 1. The van der Waals surface area contributed by atoms with Crippen molar-refractivity contribution in [3.63, 3.8) is 0 Å². The molecule has 0 aliphatic heterocycles. The van der Waals surface area contributed by atoms with E-state index in [-0.39, 0.29) is 18.0 Å². The van der Waals surface area contributed by atoms with Gasteiger partial charge in [0.1, 0.15) is 0 Å². The fourth-order valence-corrected chi connectivity index (χ4v) is 0.992. The lowest BCUT2D eigenvalue weighted by Crippen LogP contribution is -2.16. The first-order valence-corrected chi connectivity index (χ1v) is 4.44. The second kappa shape index (κ2) is 5.75. The minimum Gasteiger partial charge on any atom is -0.462 e. The van der Waals surface area contributed by atoms with E-state index >= 15 is 0 Å². The number of carbonyl (C=O) groups excluding carboxylic acids is 1. The molecular weight excluding hydrogens is 168 g/mol. The second-order valence-corrected chi connectivity index (χ2v) is 3.57. The quantitative estimate of drug-likeness (QED) is 0.523. The molecule has 76 valence electrons. The first-order valence-electron chi connectivity index (χ1n) is 4.44. The smallest absolute Gasteiger partial charge is 0.333 e. The van der Waals surface area contributed by atoms with Gasteiger partial charge in [-0.15, -0.1) is 0 Å². The average molecular weight is 186 g/mol. The molecule has 2 atom stereocenters. The summed E-state index contributed by atoms with van der Waals surface area (Å²) in [7, 11) is 0. The fraction of sp³-hybridized carbons (Fsp3) is 0.700. The van der Waals surface area contributed by atoms with E-state index in [1.54, 1.807) is 13.8 Å². The van der Waals surface area contributed by atoms with Crippen molar-refractivity contribution in [3.8, 4) is 0 Å². The molecule has 0 spiro atoms. The van der Waals surface area contributed by atoms with Crippen LogP contribution in [0.2, 0.25) is 0 Å². The van der Waals surface area contributed by atoms with Crippen LogP contribution in [0.1, 0.15) is 27.2 Å². The van der Waals surface area contributed by atoms with Crippen molar-refractivity contribution in [3.05, 3.63) is 12.2 Å². The van der Waals surface area contributed by atoms with E-state index < -0.39 is 0 Å². The summed E-state index contributed by atoms with van der Waals surface area (Å²) >= 11 is 0. The lowest BCUT2D eigenvalue weighted by atomic mass is 10.1. The van der Waals surface area contributed by atoms with Crippen LogP contribution < -0.4 is 0 Å². The van der Waals surface area contributed by atoms with Crippen molar-refractivity contribution in [2.75, 3.05) is 6.61 Å². The maximum atomic E-state index is 10.9. The maximum Gasteiger partial charge on any atom is 0.333 e. The minimum absolute atomic E-state index is 0.184. The molecule has 1 N–H and O–H groups in total. The SMILES string of the molecule is C=C(C)C(=O)OCC(C)CC(C)O. The lowest BCUT2D eigenvalue weighted by molar-refractivity contribution is -0.140. The van der Waals surface area contributed by atoms with Crippen molar-refractivity contribution in [1.29, 1.82) is 0 Å². The normalized spacial score (nSPS) is 14.8. The molecule has 0 aromatic heterocycles. The molecular formula is C10H18O3. The van der Waals surface area contributed by atoms with Crippen molar-refractivity contribution in [1.82, 2.24) is 0 Å². The summed E-state index contributed by atoms with van der Waals surface area (Å²) in [6.45, 7) is 9.07. The Morgan fingerprint density at radius 3 is 2.46 bits per heavy atom. The zero-order chi connectivity index (χ0) is 10.4. The molecule has 0 heterocycles. The highest BCUT2D eigenvalue weighted by atomic mass is 16.5. The predicted octanol–water partition coefficient (Wildman–Crippen LogP) is 1.51. The zero-order valence-electron chi connectivity index (χ0n) is 8.54. The standard InChI is InChI=1S/C10H18O3/c1-7(2)10(12)13-6-8(3)5-9(4)11/h8-9,11H,1,5-6H2,2-4H3. The Morgan fingerprint density at radius 2 is 2.08 bits per heavy atom. The number of ether oxygens (including phenoxy) is 1. The van der Waals surface area contributed by atoms with E-state index in [1.165, 1.54) is 0 Å². The van der Waals surface area contributed by atoms with Crippen LogP contribution in [0.5, 0.6) is 0 Å². The fourth-order valence-electron chi connectivity index (χ4n) is 0.992. The molecule has 0 radical (unpaired) electrons. The molecule has 3 nitrogen and oxygen atoms in total. The molecule has 0 aliphatic carbocycles. The van der Waals surface area contributed by atoms with Crippen molar-refractivity contribution in [2.24, 2.45) is 5.92 Å². The van der Waals surface area contributed by atoms with Crippen LogP contribution in [0.4, 0.5) is 0 Å². The zero-order valence-corrected chi connectivity index (χ0v) is 8.54. The topological polar surface area (TPSA) is 46.5 Å². The van der Waals surface area contributed by atoms with E-state index in [1.807, 2.05) is 6.92 Å². The van der Waals surface area contributed by atoms with Gasteiger partial charge >= 0.3 is 5.97 Å². The third kappa shape index (κ3) is 6.34. The molecule has 2 unspecified atom stereocenters. The number of aliphatic hydroxyl groups excluding tert-OH is 1. The van der Waals surface area contributed by atoms with Crippen LogP contribution in [-0.2, 0) is 9.53 Å². The number of aliphatic hydroxyl groups is 1. The van der Waals surface area contributed by atoms with E-state index in [0.29, 0.717) is 18.6 Å². The third-order valence-corrected chi connectivity index (χ3v) is 1.59. The summed E-state index contributed by atoms with van der Waals surface area (Å²) in [5.74, 6) is -0.180. The molecule has 3 heteroatoms. The van der Waals surface area contributed by atoms with Gasteiger partial charge in [-0.1, -0.05) is 13.5 Å². The van der Waals surface area contributed by atoms with Crippen LogP contribution in [-0.4, -0.2) is 23.8 Å². The van der Waals surface area contributed by atoms with Gasteiger partial charge in [-0.2, -0.15) is 0 Å². The summed E-state index contributed by atoms with van der Waals surface area (Å²) < 4.78 is 4.92. The molecule has 0 saturated heterocycles. The number of rotatable bonds is 5. The molecule has 13 heavy (non-hydrogen) atoms. The molecule has 0 aromatic carbocycles. The maximum absolute atomic E-state index is 10.9. The Balaban J connectivity index is 3.64. The van der Waals surface area contributed by atoms with Crippen LogP contribution in [0.3, 0.4) is 0 Å². The van der Waals surface area contributed by atoms with Crippen LogP contribution in [0.25, 0.3) is 0 Å². The Morgan fingerprint density at radius 1 is 1.54 bits per heavy atom. The molecule has 0 saturated carbocycles. The van der Waals surface area contributed by atoms with Gasteiger partial charge in [-0.3, -0.25) is 0 Å². The molecule has 0 aromatic rings. The van der Waals surface area contributed by atoms with Gasteiger partial charge in [-0.05, 0) is 26.2 Å². The van der Waals surface area contributed by atoms with Crippen molar-refractivity contribution >= 4 is 5.97 Å². The van der Waals surface area contributed by atoms with E-state index in [9.17, 15) is 4.79 Å². The Hall–Kier alpha value is -0.830. The van der Waals surface area contributed by atoms with E-state index in [2.05, 4.69) is 6.58 Å². The molecule has 0 fully saturated rings. The molecule has 0 bridgehead atoms. The van der Waals surface area contributed by atoms with Gasteiger partial charge in [0, 0.05) is 5.57 Å². The molecule has 0 amide bonds. The summed E-state index contributed by atoms with van der Waals surface area (Å²) in [4.78, 5) is 10.9. The van der Waals surface area contributed by atoms with Crippen molar-refractivity contribution in [2.45, 2.75) is 33.3 Å². The Kier molecular flexibility index (Phi) is 5.39. The molecule has 0 rings (SSSR count). The Bertz CT molecular complexity index is 185. The highest BCUT2D eigenvalue weighted by Crippen LogP contribution is 2.07. The minimum atomic E-state index is -0.363. The number of hydrogen-bond acceptors (Lipinski definition) is 3. The Labute approximate surface area is 79.4 Å². The second-order valence-electron chi connectivity index (χ2n) is 3.57. The highest BCUT2D eigenvalue weighted by Gasteiger charge is 2.09. The van der Waals surface area contributed by atoms with Crippen molar-refractivity contribution < 1.29 is 14.6 Å². The third-order valence-electron chi connectivity index (χ3n) is 1.59.